The van der Waals surface area contributed by atoms with E-state index in [0.29, 0.717) is 36.0 Å². The fraction of sp³-hybridized carbons (Fsp3) is 0.300. The van der Waals surface area contributed by atoms with E-state index in [-0.39, 0.29) is 16.5 Å². The molecule has 0 aliphatic carbocycles. The fourth-order valence-corrected chi connectivity index (χ4v) is 7.41. The summed E-state index contributed by atoms with van der Waals surface area (Å²) < 4.78 is 36.0. The zero-order valence-corrected chi connectivity index (χ0v) is 24.6. The Labute approximate surface area is 239 Å². The summed E-state index contributed by atoms with van der Waals surface area (Å²) in [5, 5.41) is 0. The molecule has 0 saturated carbocycles. The van der Waals surface area contributed by atoms with Crippen molar-refractivity contribution in [1.82, 2.24) is 14.3 Å². The number of rotatable bonds is 12. The van der Waals surface area contributed by atoms with Crippen molar-refractivity contribution in [2.24, 2.45) is 5.92 Å². The molecule has 1 amide bonds. The molecule has 2 heterocycles. The van der Waals surface area contributed by atoms with Gasteiger partial charge in [-0.1, -0.05) is 75.4 Å². The Morgan fingerprint density at radius 1 is 1.10 bits per heavy atom. The molecule has 0 bridgehead atoms. The molecule has 0 aliphatic heterocycles. The second-order valence-electron chi connectivity index (χ2n) is 9.89. The fourth-order valence-electron chi connectivity index (χ4n) is 4.45. The van der Waals surface area contributed by atoms with E-state index in [9.17, 15) is 18.0 Å². The Hall–Kier alpha value is -3.76. The average molecular weight is 580 g/mol. The zero-order valence-electron chi connectivity index (χ0n) is 23.0. The number of sulfonamides is 1. The summed E-state index contributed by atoms with van der Waals surface area (Å²) >= 11 is 1.20. The van der Waals surface area contributed by atoms with Crippen LogP contribution in [0.15, 0.2) is 64.9 Å². The van der Waals surface area contributed by atoms with Crippen molar-refractivity contribution in [2.45, 2.75) is 50.8 Å². The molecular formula is C30H33N3O5S2. The summed E-state index contributed by atoms with van der Waals surface area (Å²) in [4.78, 5) is 29.6. The summed E-state index contributed by atoms with van der Waals surface area (Å²) in [6.07, 6.45) is 2.16. The highest BCUT2D eigenvalue weighted by atomic mass is 32.2. The van der Waals surface area contributed by atoms with Gasteiger partial charge in [0, 0.05) is 29.0 Å². The third kappa shape index (κ3) is 6.51. The van der Waals surface area contributed by atoms with E-state index in [1.54, 1.807) is 4.57 Å². The van der Waals surface area contributed by atoms with Crippen molar-refractivity contribution in [3.8, 4) is 28.4 Å². The van der Waals surface area contributed by atoms with Crippen LogP contribution >= 0.6 is 11.3 Å². The lowest BCUT2D eigenvalue weighted by Crippen LogP contribution is -2.29. The maximum Gasteiger partial charge on any atom is 0.274 e. The Balaban J connectivity index is 1.70. The number of methoxy groups -OCH3 is 1. The minimum atomic E-state index is -4.03. The number of amides is 1. The van der Waals surface area contributed by atoms with Crippen molar-refractivity contribution in [1.29, 1.82) is 0 Å². The summed E-state index contributed by atoms with van der Waals surface area (Å²) in [7, 11) is -2.55. The summed E-state index contributed by atoms with van der Waals surface area (Å²) in [5.74, 6) is 0.688. The maximum absolute atomic E-state index is 13.2. The van der Waals surface area contributed by atoms with E-state index in [1.165, 1.54) is 18.4 Å². The van der Waals surface area contributed by atoms with Crippen LogP contribution in [-0.4, -0.2) is 37.3 Å². The molecule has 0 radical (unpaired) electrons. The quantitative estimate of drug-likeness (QED) is 0.208. The Bertz CT molecular complexity index is 1590. The number of hydrogen-bond acceptors (Lipinski definition) is 7. The molecule has 2 aromatic heterocycles. The number of ether oxygens (including phenoxy) is 1. The van der Waals surface area contributed by atoms with Gasteiger partial charge in [-0.25, -0.2) is 13.1 Å². The van der Waals surface area contributed by atoms with Crippen LogP contribution in [0.25, 0.3) is 22.5 Å². The lowest BCUT2D eigenvalue weighted by Gasteiger charge is -2.11. The number of carbonyl (C=O) groups excluding carboxylic acids is 2. The first-order chi connectivity index (χ1) is 19.2. The minimum Gasteiger partial charge on any atom is -0.479 e. The van der Waals surface area contributed by atoms with Crippen molar-refractivity contribution >= 4 is 33.6 Å². The predicted molar refractivity (Wildman–Crippen MR) is 157 cm³/mol. The van der Waals surface area contributed by atoms with Gasteiger partial charge in [0.05, 0.1) is 7.11 Å². The lowest BCUT2D eigenvalue weighted by atomic mass is 10.0. The third-order valence-corrected chi connectivity index (χ3v) is 9.31. The van der Waals surface area contributed by atoms with Crippen LogP contribution in [0.1, 0.15) is 54.5 Å². The molecule has 8 nitrogen and oxygen atoms in total. The number of nitrogens with one attached hydrogen (secondary N) is 1. The molecule has 210 valence electrons. The van der Waals surface area contributed by atoms with Gasteiger partial charge < -0.3 is 9.30 Å². The van der Waals surface area contributed by atoms with E-state index >= 15 is 0 Å². The van der Waals surface area contributed by atoms with Gasteiger partial charge >= 0.3 is 0 Å². The second kappa shape index (κ2) is 12.6. The second-order valence-corrected chi connectivity index (χ2v) is 12.9. The number of nitrogens with zero attached hydrogens (tertiary/aromatic N) is 2. The maximum atomic E-state index is 13.2. The molecule has 1 N–H and O–H groups in total. The van der Waals surface area contributed by atoms with E-state index in [1.807, 2.05) is 67.6 Å². The monoisotopic (exact) mass is 579 g/mol. The van der Waals surface area contributed by atoms with Crippen molar-refractivity contribution in [3.63, 3.8) is 0 Å². The normalized spacial score (nSPS) is 11.5. The SMILES string of the molecule is CCCC(=O)NS(=O)(=O)c1sc(CC(C)C)cc1-c1ccc(Cn2c(-c3ccccc3)nc(OC)c2C=O)cc1. The number of aldehydes is 1. The van der Waals surface area contributed by atoms with Crippen LogP contribution in [0, 0.1) is 5.92 Å². The first-order valence-corrected chi connectivity index (χ1v) is 15.4. The Kier molecular flexibility index (Phi) is 9.21. The van der Waals surface area contributed by atoms with Crippen molar-refractivity contribution < 1.29 is 22.7 Å². The molecule has 4 rings (SSSR count). The largest absolute Gasteiger partial charge is 0.479 e. The number of aromatic nitrogens is 2. The Morgan fingerprint density at radius 3 is 2.40 bits per heavy atom. The molecule has 10 heteroatoms. The summed E-state index contributed by atoms with van der Waals surface area (Å²) in [6.45, 7) is 6.34. The van der Waals surface area contributed by atoms with Crippen LogP contribution < -0.4 is 9.46 Å². The average Bonchev–Trinajstić information content (AvgIpc) is 3.51. The van der Waals surface area contributed by atoms with Gasteiger partial charge in [0.15, 0.2) is 6.29 Å². The number of hydrogen-bond donors (Lipinski definition) is 1. The van der Waals surface area contributed by atoms with Crippen LogP contribution in [0.3, 0.4) is 0 Å². The topological polar surface area (TPSA) is 107 Å². The summed E-state index contributed by atoms with van der Waals surface area (Å²) in [5.41, 5.74) is 3.36. The van der Waals surface area contributed by atoms with E-state index in [4.69, 9.17) is 4.74 Å². The molecule has 40 heavy (non-hydrogen) atoms. The van der Waals surface area contributed by atoms with Gasteiger partial charge in [-0.2, -0.15) is 4.98 Å². The molecule has 0 aliphatic rings. The van der Waals surface area contributed by atoms with Gasteiger partial charge in [0.1, 0.15) is 15.7 Å². The van der Waals surface area contributed by atoms with Gasteiger partial charge in [0.2, 0.25) is 11.8 Å². The van der Waals surface area contributed by atoms with Crippen molar-refractivity contribution in [2.75, 3.05) is 7.11 Å². The first-order valence-electron chi connectivity index (χ1n) is 13.1. The lowest BCUT2D eigenvalue weighted by molar-refractivity contribution is -0.119. The van der Waals surface area contributed by atoms with Crippen LogP contribution in [0.4, 0.5) is 0 Å². The zero-order chi connectivity index (χ0) is 28.9. The highest BCUT2D eigenvalue weighted by Gasteiger charge is 2.26. The van der Waals surface area contributed by atoms with Gasteiger partial charge in [-0.05, 0) is 36.0 Å². The number of imidazole rings is 1. The standard InChI is InChI=1S/C30H33N3O5S2/c1-5-9-27(35)32-40(36,37)30-25(17-24(39-30)16-20(2)3)22-14-12-21(13-15-22)18-33-26(19-34)29(38-4)31-28(33)23-10-7-6-8-11-23/h6-8,10-15,17,19-20H,5,9,16,18H2,1-4H3,(H,32,35). The van der Waals surface area contributed by atoms with Crippen LogP contribution in [-0.2, 0) is 27.8 Å². The van der Waals surface area contributed by atoms with Gasteiger partial charge in [-0.3, -0.25) is 9.59 Å². The predicted octanol–water partition coefficient (Wildman–Crippen LogP) is 5.95. The molecule has 0 fully saturated rings. The molecule has 2 aromatic carbocycles. The molecule has 4 aromatic rings. The minimum absolute atomic E-state index is 0.134. The van der Waals surface area contributed by atoms with Crippen molar-refractivity contribution in [3.05, 3.63) is 76.8 Å². The Morgan fingerprint density at radius 2 is 1.80 bits per heavy atom. The first kappa shape index (κ1) is 29.2. The van der Waals surface area contributed by atoms with Gasteiger partial charge in [-0.15, -0.1) is 11.3 Å². The number of benzene rings is 2. The van der Waals surface area contributed by atoms with E-state index in [0.717, 1.165) is 34.3 Å². The molecule has 0 spiro atoms. The highest BCUT2D eigenvalue weighted by molar-refractivity contribution is 7.92. The number of thiophene rings is 1. The van der Waals surface area contributed by atoms with Crippen LogP contribution in [0.2, 0.25) is 0 Å². The molecule has 0 saturated heterocycles. The molecular weight excluding hydrogens is 546 g/mol. The van der Waals surface area contributed by atoms with Gasteiger partial charge in [0.25, 0.3) is 10.0 Å². The summed E-state index contributed by atoms with van der Waals surface area (Å²) in [6, 6.07) is 19.0. The third-order valence-electron chi connectivity index (χ3n) is 6.24. The van der Waals surface area contributed by atoms with E-state index in [2.05, 4.69) is 23.6 Å². The van der Waals surface area contributed by atoms with Crippen LogP contribution in [0.5, 0.6) is 5.88 Å². The smallest absolute Gasteiger partial charge is 0.274 e. The van der Waals surface area contributed by atoms with E-state index < -0.39 is 15.9 Å². The number of carbonyl (C=O) groups is 2. The highest BCUT2D eigenvalue weighted by Crippen LogP contribution is 2.37. The molecule has 0 unspecified atom stereocenters. The molecule has 0 atom stereocenters.